The number of anilines is 1. The topological polar surface area (TPSA) is 72.2 Å². The third-order valence-corrected chi connectivity index (χ3v) is 3.75. The van der Waals surface area contributed by atoms with E-state index < -0.39 is 26.8 Å². The van der Waals surface area contributed by atoms with Crippen LogP contribution in [0.2, 0.25) is 0 Å². The second-order valence-electron chi connectivity index (χ2n) is 3.65. The van der Waals surface area contributed by atoms with E-state index in [1.54, 1.807) is 6.92 Å². The summed E-state index contributed by atoms with van der Waals surface area (Å²) in [5.74, 6) is 1.34. The highest BCUT2D eigenvalue weighted by atomic mass is 32.2. The molecule has 0 radical (unpaired) electrons. The van der Waals surface area contributed by atoms with Gasteiger partial charge in [-0.1, -0.05) is 5.92 Å². The van der Waals surface area contributed by atoms with Gasteiger partial charge < -0.3 is 5.73 Å². The summed E-state index contributed by atoms with van der Waals surface area (Å²) in [7, 11) is -3.99. The lowest BCUT2D eigenvalue weighted by Gasteiger charge is -2.11. The van der Waals surface area contributed by atoms with Crippen LogP contribution in [0.25, 0.3) is 0 Å². The van der Waals surface area contributed by atoms with E-state index in [2.05, 4.69) is 10.6 Å². The highest BCUT2D eigenvalue weighted by Gasteiger charge is 2.21. The molecule has 0 fully saturated rings. The second-order valence-corrected chi connectivity index (χ2v) is 5.33. The first kappa shape index (κ1) is 13.5. The number of hydrogen-bond acceptors (Lipinski definition) is 3. The summed E-state index contributed by atoms with van der Waals surface area (Å²) < 4.78 is 39.3. The zero-order valence-electron chi connectivity index (χ0n) is 9.49. The number of sulfonamides is 1. The van der Waals surface area contributed by atoms with Crippen molar-refractivity contribution >= 4 is 15.7 Å². The molecule has 92 valence electrons. The van der Waals surface area contributed by atoms with E-state index in [1.165, 1.54) is 6.92 Å². The minimum Gasteiger partial charge on any atom is -0.398 e. The van der Waals surface area contributed by atoms with Gasteiger partial charge in [-0.25, -0.2) is 12.8 Å². The molecule has 4 nitrogen and oxygen atoms in total. The third kappa shape index (κ3) is 2.96. The Hall–Kier alpha value is -1.58. The number of nitrogens with two attached hydrogens (primary N) is 1. The average Bonchev–Trinajstić information content (AvgIpc) is 2.22. The van der Waals surface area contributed by atoms with Crippen LogP contribution in [0.1, 0.15) is 12.5 Å². The van der Waals surface area contributed by atoms with Crippen molar-refractivity contribution in [1.82, 2.24) is 4.72 Å². The average molecular weight is 256 g/mol. The fourth-order valence-corrected chi connectivity index (χ4v) is 2.46. The zero-order valence-corrected chi connectivity index (χ0v) is 10.3. The largest absolute Gasteiger partial charge is 0.398 e. The van der Waals surface area contributed by atoms with Gasteiger partial charge >= 0.3 is 0 Å². The van der Waals surface area contributed by atoms with Gasteiger partial charge in [-0.15, -0.1) is 6.42 Å². The monoisotopic (exact) mass is 256 g/mol. The molecule has 0 saturated carbocycles. The molecule has 3 N–H and O–H groups in total. The lowest BCUT2D eigenvalue weighted by atomic mass is 10.2. The van der Waals surface area contributed by atoms with E-state index in [9.17, 15) is 12.8 Å². The highest BCUT2D eigenvalue weighted by Crippen LogP contribution is 2.21. The van der Waals surface area contributed by atoms with Crippen LogP contribution in [0.15, 0.2) is 17.0 Å². The SMILES string of the molecule is C#CC(C)NS(=O)(=O)c1cc(N)c(C)cc1F. The Balaban J connectivity index is 3.26. The Morgan fingerprint density at radius 3 is 2.65 bits per heavy atom. The molecule has 17 heavy (non-hydrogen) atoms. The Kier molecular flexibility index (Phi) is 3.76. The summed E-state index contributed by atoms with van der Waals surface area (Å²) in [6.45, 7) is 3.07. The minimum atomic E-state index is -3.99. The van der Waals surface area contributed by atoms with Crippen LogP contribution in [0.5, 0.6) is 0 Å². The maximum Gasteiger partial charge on any atom is 0.244 e. The van der Waals surface area contributed by atoms with Gasteiger partial charge in [0, 0.05) is 5.69 Å². The lowest BCUT2D eigenvalue weighted by molar-refractivity contribution is 0.554. The van der Waals surface area contributed by atoms with E-state index in [-0.39, 0.29) is 5.69 Å². The van der Waals surface area contributed by atoms with E-state index in [1.807, 2.05) is 0 Å². The molecular formula is C11H13FN2O2S. The number of halogens is 1. The first-order chi connectivity index (χ1) is 7.77. The molecular weight excluding hydrogens is 243 g/mol. The maximum absolute atomic E-state index is 13.6. The fraction of sp³-hybridized carbons (Fsp3) is 0.273. The van der Waals surface area contributed by atoms with E-state index in [0.29, 0.717) is 5.56 Å². The summed E-state index contributed by atoms with van der Waals surface area (Å²) in [6, 6.07) is 1.43. The Labute approximate surface area is 100 Å². The van der Waals surface area contributed by atoms with E-state index >= 15 is 0 Å². The minimum absolute atomic E-state index is 0.208. The van der Waals surface area contributed by atoms with Gasteiger partial charge in [0.1, 0.15) is 10.7 Å². The van der Waals surface area contributed by atoms with Crippen molar-refractivity contribution in [3.05, 3.63) is 23.5 Å². The van der Waals surface area contributed by atoms with Gasteiger partial charge in [-0.05, 0) is 31.5 Å². The van der Waals surface area contributed by atoms with Crippen molar-refractivity contribution in [2.45, 2.75) is 24.8 Å². The number of hydrogen-bond donors (Lipinski definition) is 2. The van der Waals surface area contributed by atoms with Gasteiger partial charge in [0.05, 0.1) is 6.04 Å². The van der Waals surface area contributed by atoms with Gasteiger partial charge in [0.25, 0.3) is 0 Å². The second kappa shape index (κ2) is 4.73. The predicted molar refractivity (Wildman–Crippen MR) is 64.2 cm³/mol. The zero-order chi connectivity index (χ0) is 13.2. The fourth-order valence-electron chi connectivity index (χ4n) is 1.20. The van der Waals surface area contributed by atoms with Crippen LogP contribution in [0.4, 0.5) is 10.1 Å². The van der Waals surface area contributed by atoms with Crippen LogP contribution in [0.3, 0.4) is 0 Å². The van der Waals surface area contributed by atoms with Crippen molar-refractivity contribution in [1.29, 1.82) is 0 Å². The number of terminal acetylenes is 1. The maximum atomic E-state index is 13.6. The molecule has 1 aromatic rings. The van der Waals surface area contributed by atoms with Gasteiger partial charge in [0.2, 0.25) is 10.0 Å². The first-order valence-corrected chi connectivity index (χ1v) is 6.30. The molecule has 1 unspecified atom stereocenters. The van der Waals surface area contributed by atoms with E-state index in [0.717, 1.165) is 12.1 Å². The molecule has 1 rings (SSSR count). The number of aryl methyl sites for hydroxylation is 1. The molecule has 0 aliphatic heterocycles. The molecule has 6 heteroatoms. The Bertz CT molecular complexity index is 576. The molecule has 0 heterocycles. The molecule has 0 amide bonds. The lowest BCUT2D eigenvalue weighted by Crippen LogP contribution is -2.32. The summed E-state index contributed by atoms with van der Waals surface area (Å²) in [5.41, 5.74) is 6.24. The standard InChI is InChI=1S/C11H13FN2O2S/c1-4-8(3)14-17(15,16)11-6-10(13)7(2)5-9(11)12/h1,5-6,8,14H,13H2,2-3H3. The third-order valence-electron chi connectivity index (χ3n) is 2.19. The summed E-state index contributed by atoms with van der Waals surface area (Å²) >= 11 is 0. The number of benzene rings is 1. The molecule has 0 saturated heterocycles. The van der Waals surface area contributed by atoms with Crippen molar-refractivity contribution < 1.29 is 12.8 Å². The number of nitrogens with one attached hydrogen (secondary N) is 1. The van der Waals surface area contributed by atoms with Crippen LogP contribution >= 0.6 is 0 Å². The summed E-state index contributed by atoms with van der Waals surface area (Å²) in [4.78, 5) is -0.497. The van der Waals surface area contributed by atoms with Crippen molar-refractivity contribution in [2.24, 2.45) is 0 Å². The number of rotatable bonds is 3. The van der Waals surface area contributed by atoms with Crippen molar-refractivity contribution in [3.8, 4) is 12.3 Å². The molecule has 0 aliphatic rings. The van der Waals surface area contributed by atoms with Crippen LogP contribution < -0.4 is 10.5 Å². The predicted octanol–water partition coefficient (Wildman–Crippen LogP) is 1.02. The molecule has 0 spiro atoms. The highest BCUT2D eigenvalue weighted by molar-refractivity contribution is 7.89. The van der Waals surface area contributed by atoms with Crippen LogP contribution in [-0.4, -0.2) is 14.5 Å². The Morgan fingerprint density at radius 1 is 1.53 bits per heavy atom. The molecule has 0 aliphatic carbocycles. The first-order valence-electron chi connectivity index (χ1n) is 4.82. The van der Waals surface area contributed by atoms with Gasteiger partial charge in [-0.2, -0.15) is 4.72 Å². The summed E-state index contributed by atoms with van der Waals surface area (Å²) in [6.07, 6.45) is 5.05. The molecule has 1 atom stereocenters. The number of nitrogen functional groups attached to an aromatic ring is 1. The van der Waals surface area contributed by atoms with Crippen LogP contribution in [-0.2, 0) is 10.0 Å². The van der Waals surface area contributed by atoms with Crippen molar-refractivity contribution in [3.63, 3.8) is 0 Å². The molecule has 0 aromatic heterocycles. The van der Waals surface area contributed by atoms with Crippen molar-refractivity contribution in [2.75, 3.05) is 5.73 Å². The van der Waals surface area contributed by atoms with E-state index in [4.69, 9.17) is 12.2 Å². The van der Waals surface area contributed by atoms with Gasteiger partial charge in [0.15, 0.2) is 0 Å². The van der Waals surface area contributed by atoms with Gasteiger partial charge in [-0.3, -0.25) is 0 Å². The normalized spacial score (nSPS) is 13.1. The molecule has 1 aromatic carbocycles. The summed E-state index contributed by atoms with van der Waals surface area (Å²) in [5, 5.41) is 0. The quantitative estimate of drug-likeness (QED) is 0.626. The Morgan fingerprint density at radius 2 is 2.12 bits per heavy atom. The smallest absolute Gasteiger partial charge is 0.244 e. The van der Waals surface area contributed by atoms with Crippen LogP contribution in [0, 0.1) is 25.1 Å². The molecule has 0 bridgehead atoms.